The number of anilines is 1. The van der Waals surface area contributed by atoms with Gasteiger partial charge < -0.3 is 20.1 Å². The standard InChI is InChI=1S/C23H24N2O4/c1-16(22(26)25-20-11-10-18-7-3-4-8-19(18)15-20)24-23(27)29-13-12-17-6-5-9-21(14-17)28-2/h3-11,14-16H,12-13H2,1-2H3,(H,24,27)(H,25,26). The van der Waals surface area contributed by atoms with Crippen LogP contribution < -0.4 is 15.4 Å². The minimum atomic E-state index is -0.731. The third-order valence-electron chi connectivity index (χ3n) is 4.50. The maximum atomic E-state index is 12.4. The smallest absolute Gasteiger partial charge is 0.407 e. The molecule has 6 heteroatoms. The Morgan fingerprint density at radius 3 is 2.55 bits per heavy atom. The summed E-state index contributed by atoms with van der Waals surface area (Å²) in [5.41, 5.74) is 1.67. The number of ether oxygens (including phenoxy) is 2. The molecule has 0 saturated carbocycles. The number of fused-ring (bicyclic) bond motifs is 1. The minimum absolute atomic E-state index is 0.206. The van der Waals surface area contributed by atoms with Crippen LogP contribution in [-0.4, -0.2) is 31.8 Å². The highest BCUT2D eigenvalue weighted by Gasteiger charge is 2.16. The van der Waals surface area contributed by atoms with Gasteiger partial charge in [-0.05, 0) is 47.5 Å². The molecule has 150 valence electrons. The van der Waals surface area contributed by atoms with Crippen molar-refractivity contribution in [3.05, 3.63) is 72.3 Å². The summed E-state index contributed by atoms with van der Waals surface area (Å²) in [7, 11) is 1.60. The zero-order valence-electron chi connectivity index (χ0n) is 16.5. The van der Waals surface area contributed by atoms with Crippen molar-refractivity contribution >= 4 is 28.5 Å². The van der Waals surface area contributed by atoms with Gasteiger partial charge >= 0.3 is 6.09 Å². The third kappa shape index (κ3) is 5.72. The predicted molar refractivity (Wildman–Crippen MR) is 113 cm³/mol. The second-order valence-corrected chi connectivity index (χ2v) is 6.65. The number of methoxy groups -OCH3 is 1. The SMILES string of the molecule is COc1cccc(CCOC(=O)NC(C)C(=O)Nc2ccc3ccccc3c2)c1. The van der Waals surface area contributed by atoms with Crippen LogP contribution in [0.25, 0.3) is 10.8 Å². The second kappa shape index (κ2) is 9.59. The van der Waals surface area contributed by atoms with Gasteiger partial charge in [0.05, 0.1) is 13.7 Å². The average Bonchev–Trinajstić information content (AvgIpc) is 2.73. The first-order chi connectivity index (χ1) is 14.0. The van der Waals surface area contributed by atoms with Gasteiger partial charge in [-0.2, -0.15) is 0 Å². The van der Waals surface area contributed by atoms with Crippen LogP contribution in [0.2, 0.25) is 0 Å². The Hall–Kier alpha value is -3.54. The Balaban J connectivity index is 1.46. The lowest BCUT2D eigenvalue weighted by molar-refractivity contribution is -0.117. The molecule has 0 bridgehead atoms. The number of carbonyl (C=O) groups is 2. The fourth-order valence-corrected chi connectivity index (χ4v) is 2.89. The van der Waals surface area contributed by atoms with E-state index in [1.807, 2.05) is 66.7 Å². The number of alkyl carbamates (subject to hydrolysis) is 1. The van der Waals surface area contributed by atoms with Gasteiger partial charge in [-0.15, -0.1) is 0 Å². The average molecular weight is 392 g/mol. The zero-order valence-corrected chi connectivity index (χ0v) is 16.5. The highest BCUT2D eigenvalue weighted by Crippen LogP contribution is 2.19. The quantitative estimate of drug-likeness (QED) is 0.633. The van der Waals surface area contributed by atoms with Crippen LogP contribution in [0.4, 0.5) is 10.5 Å². The van der Waals surface area contributed by atoms with E-state index in [0.717, 1.165) is 22.1 Å². The Labute approximate surface area is 169 Å². The van der Waals surface area contributed by atoms with Crippen LogP contribution in [0.1, 0.15) is 12.5 Å². The van der Waals surface area contributed by atoms with Gasteiger partial charge in [-0.25, -0.2) is 4.79 Å². The number of nitrogens with one attached hydrogen (secondary N) is 2. The third-order valence-corrected chi connectivity index (χ3v) is 4.50. The lowest BCUT2D eigenvalue weighted by atomic mass is 10.1. The first kappa shape index (κ1) is 20.2. The van der Waals surface area contributed by atoms with Crippen molar-refractivity contribution in [1.29, 1.82) is 0 Å². The maximum absolute atomic E-state index is 12.4. The lowest BCUT2D eigenvalue weighted by Gasteiger charge is -2.14. The summed E-state index contributed by atoms with van der Waals surface area (Å²) in [6, 6.07) is 20.4. The van der Waals surface area contributed by atoms with Crippen LogP contribution in [0, 0.1) is 0 Å². The van der Waals surface area contributed by atoms with Crippen molar-refractivity contribution in [3.8, 4) is 5.75 Å². The first-order valence-electron chi connectivity index (χ1n) is 9.41. The molecule has 0 spiro atoms. The largest absolute Gasteiger partial charge is 0.497 e. The molecule has 3 aromatic carbocycles. The van der Waals surface area contributed by atoms with E-state index in [2.05, 4.69) is 10.6 Å². The molecule has 1 atom stereocenters. The maximum Gasteiger partial charge on any atom is 0.407 e. The van der Waals surface area contributed by atoms with E-state index in [1.54, 1.807) is 14.0 Å². The number of rotatable bonds is 7. The molecule has 29 heavy (non-hydrogen) atoms. The van der Waals surface area contributed by atoms with E-state index >= 15 is 0 Å². The molecule has 3 aromatic rings. The summed E-state index contributed by atoms with van der Waals surface area (Å²) in [6.45, 7) is 1.82. The van der Waals surface area contributed by atoms with Crippen molar-refractivity contribution in [1.82, 2.24) is 5.32 Å². The number of amides is 2. The molecule has 0 radical (unpaired) electrons. The molecule has 0 aliphatic rings. The molecule has 0 aliphatic heterocycles. The Morgan fingerprint density at radius 1 is 0.966 bits per heavy atom. The molecule has 0 aliphatic carbocycles. The highest BCUT2D eigenvalue weighted by molar-refractivity contribution is 5.98. The molecule has 2 amide bonds. The van der Waals surface area contributed by atoms with Gasteiger partial charge in [0.1, 0.15) is 11.8 Å². The normalized spacial score (nSPS) is 11.5. The summed E-state index contributed by atoms with van der Waals surface area (Å²) >= 11 is 0. The van der Waals surface area contributed by atoms with E-state index in [0.29, 0.717) is 12.1 Å². The van der Waals surface area contributed by atoms with E-state index < -0.39 is 12.1 Å². The number of carbonyl (C=O) groups excluding carboxylic acids is 2. The van der Waals surface area contributed by atoms with Crippen LogP contribution in [0.5, 0.6) is 5.75 Å². The molecule has 6 nitrogen and oxygen atoms in total. The van der Waals surface area contributed by atoms with Crippen LogP contribution in [-0.2, 0) is 16.0 Å². The highest BCUT2D eigenvalue weighted by atomic mass is 16.5. The Bertz CT molecular complexity index is 1000. The van der Waals surface area contributed by atoms with E-state index in [1.165, 1.54) is 0 Å². The lowest BCUT2D eigenvalue weighted by Crippen LogP contribution is -2.42. The second-order valence-electron chi connectivity index (χ2n) is 6.65. The van der Waals surface area contributed by atoms with Crippen molar-refractivity contribution in [2.45, 2.75) is 19.4 Å². The van der Waals surface area contributed by atoms with Gasteiger partial charge in [-0.3, -0.25) is 4.79 Å². The molecule has 0 aromatic heterocycles. The zero-order chi connectivity index (χ0) is 20.6. The van der Waals surface area contributed by atoms with E-state index in [9.17, 15) is 9.59 Å². The first-order valence-corrected chi connectivity index (χ1v) is 9.41. The summed E-state index contributed by atoms with van der Waals surface area (Å²) in [4.78, 5) is 24.3. The molecule has 1 unspecified atom stereocenters. The van der Waals surface area contributed by atoms with E-state index in [4.69, 9.17) is 9.47 Å². The van der Waals surface area contributed by atoms with Crippen molar-refractivity contribution in [2.75, 3.05) is 19.0 Å². The number of hydrogen-bond acceptors (Lipinski definition) is 4. The topological polar surface area (TPSA) is 76.7 Å². The summed E-state index contributed by atoms with van der Waals surface area (Å²) < 4.78 is 10.3. The van der Waals surface area contributed by atoms with Crippen molar-refractivity contribution in [3.63, 3.8) is 0 Å². The summed E-state index contributed by atoms with van der Waals surface area (Å²) in [5.74, 6) is 0.441. The predicted octanol–water partition coefficient (Wildman–Crippen LogP) is 4.14. The Morgan fingerprint density at radius 2 is 1.76 bits per heavy atom. The van der Waals surface area contributed by atoms with Gasteiger partial charge in [-0.1, -0.05) is 42.5 Å². The van der Waals surface area contributed by atoms with Crippen molar-refractivity contribution in [2.24, 2.45) is 0 Å². The summed E-state index contributed by atoms with van der Waals surface area (Å²) in [5, 5.41) is 7.48. The molecule has 0 fully saturated rings. The van der Waals surface area contributed by atoms with Gasteiger partial charge in [0, 0.05) is 12.1 Å². The summed E-state index contributed by atoms with van der Waals surface area (Å²) in [6.07, 6.45) is -0.0727. The molecular formula is C23H24N2O4. The van der Waals surface area contributed by atoms with Crippen LogP contribution >= 0.6 is 0 Å². The van der Waals surface area contributed by atoms with Crippen LogP contribution in [0.15, 0.2) is 66.7 Å². The van der Waals surface area contributed by atoms with Gasteiger partial charge in [0.15, 0.2) is 0 Å². The molecule has 0 heterocycles. The monoisotopic (exact) mass is 392 g/mol. The fraction of sp³-hybridized carbons (Fsp3) is 0.217. The molecule has 3 rings (SSSR count). The van der Waals surface area contributed by atoms with Crippen molar-refractivity contribution < 1.29 is 19.1 Å². The molecule has 0 saturated heterocycles. The Kier molecular flexibility index (Phi) is 6.68. The molecular weight excluding hydrogens is 368 g/mol. The molecule has 2 N–H and O–H groups in total. The van der Waals surface area contributed by atoms with Gasteiger partial charge in [0.2, 0.25) is 5.91 Å². The minimum Gasteiger partial charge on any atom is -0.497 e. The van der Waals surface area contributed by atoms with E-state index in [-0.39, 0.29) is 12.5 Å². The number of benzene rings is 3. The fourth-order valence-electron chi connectivity index (χ4n) is 2.89. The number of hydrogen-bond donors (Lipinski definition) is 2. The van der Waals surface area contributed by atoms with Crippen LogP contribution in [0.3, 0.4) is 0 Å². The van der Waals surface area contributed by atoms with Gasteiger partial charge in [0.25, 0.3) is 0 Å².